The lowest BCUT2D eigenvalue weighted by atomic mass is 10.2. The van der Waals surface area contributed by atoms with Crippen molar-refractivity contribution in [2.24, 2.45) is 0 Å². The molecular weight excluding hydrogens is 386 g/mol. The number of esters is 1. The molecule has 9 heteroatoms. The van der Waals surface area contributed by atoms with E-state index >= 15 is 0 Å². The Kier molecular flexibility index (Phi) is 6.33. The van der Waals surface area contributed by atoms with Gasteiger partial charge < -0.3 is 14.4 Å². The van der Waals surface area contributed by atoms with Crippen LogP contribution in [0.1, 0.15) is 24.3 Å². The summed E-state index contributed by atoms with van der Waals surface area (Å²) in [5.74, 6) is -0.521. The molecule has 0 radical (unpaired) electrons. The fraction of sp³-hybridized carbons (Fsp3) is 0.556. The summed E-state index contributed by atoms with van der Waals surface area (Å²) < 4.78 is 10.8. The van der Waals surface area contributed by atoms with E-state index in [1.54, 1.807) is 16.2 Å². The predicted molar refractivity (Wildman–Crippen MR) is 105 cm³/mol. The molecule has 0 unspecified atom stereocenters. The maximum Gasteiger partial charge on any atom is 0.316 e. The van der Waals surface area contributed by atoms with E-state index in [4.69, 9.17) is 9.47 Å². The Bertz CT molecular complexity index is 844. The van der Waals surface area contributed by atoms with Crippen molar-refractivity contribution in [1.29, 1.82) is 0 Å². The third-order valence-corrected chi connectivity index (χ3v) is 6.46. The van der Waals surface area contributed by atoms with Crippen LogP contribution in [-0.2, 0) is 19.1 Å². The molecule has 2 atom stereocenters. The van der Waals surface area contributed by atoms with E-state index in [0.717, 1.165) is 20.8 Å². The van der Waals surface area contributed by atoms with Crippen LogP contribution in [0.5, 0.6) is 0 Å². The Morgan fingerprint density at radius 2 is 2.00 bits per heavy atom. The molecule has 2 aromatic rings. The Morgan fingerprint density at radius 1 is 1.30 bits per heavy atom. The van der Waals surface area contributed by atoms with E-state index in [1.165, 1.54) is 23.0 Å². The largest absolute Gasteiger partial charge is 0.455 e. The van der Waals surface area contributed by atoms with Gasteiger partial charge in [0.15, 0.2) is 6.61 Å². The molecule has 0 saturated carbocycles. The van der Waals surface area contributed by atoms with Gasteiger partial charge in [-0.3, -0.25) is 9.59 Å². The second-order valence-corrected chi connectivity index (χ2v) is 8.81. The topological polar surface area (TPSA) is 81.6 Å². The van der Waals surface area contributed by atoms with Crippen molar-refractivity contribution in [2.45, 2.75) is 44.9 Å². The summed E-state index contributed by atoms with van der Waals surface area (Å²) >= 11 is 2.93. The van der Waals surface area contributed by atoms with Crippen molar-refractivity contribution in [1.82, 2.24) is 14.9 Å². The number of hydrogen-bond acceptors (Lipinski definition) is 8. The fourth-order valence-corrected chi connectivity index (χ4v) is 4.96. The number of ether oxygens (including phenoxy) is 2. The van der Waals surface area contributed by atoms with Crippen molar-refractivity contribution in [2.75, 3.05) is 25.4 Å². The lowest BCUT2D eigenvalue weighted by Crippen LogP contribution is -2.49. The number of amides is 1. The molecule has 1 aliphatic heterocycles. The average molecular weight is 410 g/mol. The first-order valence-corrected chi connectivity index (χ1v) is 10.6. The molecule has 0 spiro atoms. The maximum atomic E-state index is 12.3. The minimum absolute atomic E-state index is 0.0126. The van der Waals surface area contributed by atoms with Gasteiger partial charge in [-0.25, -0.2) is 9.97 Å². The number of aromatic nitrogens is 2. The van der Waals surface area contributed by atoms with Crippen molar-refractivity contribution in [3.8, 4) is 0 Å². The summed E-state index contributed by atoms with van der Waals surface area (Å²) in [7, 11) is 0. The summed E-state index contributed by atoms with van der Waals surface area (Å²) in [4.78, 5) is 36.7. The quantitative estimate of drug-likeness (QED) is 0.426. The van der Waals surface area contributed by atoms with Gasteiger partial charge >= 0.3 is 5.97 Å². The highest BCUT2D eigenvalue weighted by molar-refractivity contribution is 8.00. The Balaban J connectivity index is 1.52. The number of carbonyl (C=O) groups excluding carboxylic acids is 2. The zero-order valence-electron chi connectivity index (χ0n) is 15.9. The number of thiophene rings is 1. The monoisotopic (exact) mass is 409 g/mol. The highest BCUT2D eigenvalue weighted by Crippen LogP contribution is 2.34. The molecule has 27 heavy (non-hydrogen) atoms. The second-order valence-electron chi connectivity index (χ2n) is 6.65. The van der Waals surface area contributed by atoms with E-state index in [-0.39, 0.29) is 30.5 Å². The van der Waals surface area contributed by atoms with Crippen molar-refractivity contribution in [3.63, 3.8) is 0 Å². The smallest absolute Gasteiger partial charge is 0.316 e. The van der Waals surface area contributed by atoms with Crippen LogP contribution in [-0.4, -0.2) is 64.4 Å². The van der Waals surface area contributed by atoms with Crippen molar-refractivity contribution < 1.29 is 19.1 Å². The first-order chi connectivity index (χ1) is 12.8. The van der Waals surface area contributed by atoms with Crippen LogP contribution in [0.15, 0.2) is 11.4 Å². The molecule has 7 nitrogen and oxygen atoms in total. The van der Waals surface area contributed by atoms with Gasteiger partial charge in [0, 0.05) is 23.4 Å². The van der Waals surface area contributed by atoms with Gasteiger partial charge in [0.05, 0.1) is 18.0 Å². The normalized spacial score (nSPS) is 20.1. The Hall–Kier alpha value is -1.71. The molecule has 0 aromatic carbocycles. The molecule has 1 amide bonds. The van der Waals surface area contributed by atoms with Crippen LogP contribution in [0.25, 0.3) is 10.2 Å². The lowest BCUT2D eigenvalue weighted by Gasteiger charge is -2.35. The molecule has 0 bridgehead atoms. The van der Waals surface area contributed by atoms with E-state index in [9.17, 15) is 9.59 Å². The molecule has 1 fully saturated rings. The average Bonchev–Trinajstić information content (AvgIpc) is 2.91. The third-order valence-electron chi connectivity index (χ3n) is 4.39. The van der Waals surface area contributed by atoms with Gasteiger partial charge in [0.25, 0.3) is 5.91 Å². The highest BCUT2D eigenvalue weighted by Gasteiger charge is 2.26. The van der Waals surface area contributed by atoms with Gasteiger partial charge in [0.2, 0.25) is 0 Å². The van der Waals surface area contributed by atoms with Crippen LogP contribution in [0.3, 0.4) is 0 Å². The van der Waals surface area contributed by atoms with Gasteiger partial charge in [0.1, 0.15) is 16.2 Å². The molecule has 2 aromatic heterocycles. The minimum Gasteiger partial charge on any atom is -0.455 e. The molecule has 0 aliphatic carbocycles. The summed E-state index contributed by atoms with van der Waals surface area (Å²) in [5, 5.41) is 1.76. The number of hydrogen-bond donors (Lipinski definition) is 0. The van der Waals surface area contributed by atoms with Gasteiger partial charge in [-0.15, -0.1) is 11.3 Å². The number of rotatable bonds is 5. The summed E-state index contributed by atoms with van der Waals surface area (Å²) in [6.07, 6.45) is 1.48. The first-order valence-electron chi connectivity index (χ1n) is 8.77. The molecule has 3 rings (SSSR count). The number of aryl methyl sites for hydroxylation is 2. The second kappa shape index (κ2) is 8.53. The van der Waals surface area contributed by atoms with Gasteiger partial charge in [-0.2, -0.15) is 0 Å². The molecule has 1 aliphatic rings. The highest BCUT2D eigenvalue weighted by atomic mass is 32.2. The van der Waals surface area contributed by atoms with Crippen LogP contribution >= 0.6 is 23.1 Å². The Labute approximate surface area is 166 Å². The number of nitrogens with zero attached hydrogens (tertiary/aromatic N) is 3. The molecule has 146 valence electrons. The first kappa shape index (κ1) is 20.0. The molecule has 0 N–H and O–H groups in total. The molecule has 3 heterocycles. The van der Waals surface area contributed by atoms with E-state index in [1.807, 2.05) is 27.7 Å². The maximum absolute atomic E-state index is 12.3. The van der Waals surface area contributed by atoms with E-state index in [0.29, 0.717) is 13.1 Å². The zero-order chi connectivity index (χ0) is 19.6. The van der Waals surface area contributed by atoms with Crippen LogP contribution in [0.2, 0.25) is 0 Å². The number of fused-ring (bicyclic) bond motifs is 1. The Morgan fingerprint density at radius 3 is 2.70 bits per heavy atom. The lowest BCUT2D eigenvalue weighted by molar-refractivity contribution is -0.155. The number of thioether (sulfide) groups is 1. The van der Waals surface area contributed by atoms with Crippen molar-refractivity contribution >= 4 is 45.2 Å². The van der Waals surface area contributed by atoms with Crippen LogP contribution < -0.4 is 0 Å². The summed E-state index contributed by atoms with van der Waals surface area (Å²) in [6, 6.07) is 0. The summed E-state index contributed by atoms with van der Waals surface area (Å²) in [5.41, 5.74) is 1.14. The van der Waals surface area contributed by atoms with E-state index in [2.05, 4.69) is 9.97 Å². The van der Waals surface area contributed by atoms with Gasteiger partial charge in [-0.05, 0) is 33.3 Å². The SMILES string of the molecule is Cc1sc2ncnc(SCC(=O)OCC(=O)N3C[C@H](C)O[C@@H](C)C3)c2c1C. The third kappa shape index (κ3) is 4.77. The fourth-order valence-electron chi connectivity index (χ4n) is 3.04. The molecule has 1 saturated heterocycles. The molecular formula is C18H23N3O4S2. The number of morpholine rings is 1. The predicted octanol–water partition coefficient (Wildman–Crippen LogP) is 2.58. The standard InChI is InChI=1S/C18H23N3O4S2/c1-10-5-21(6-11(2)25-10)14(22)7-24-15(23)8-26-17-16-12(3)13(4)27-18(16)20-9-19-17/h9-11H,5-8H2,1-4H3/t10-,11-/m0/s1. The summed E-state index contributed by atoms with van der Waals surface area (Å²) in [6.45, 7) is 8.72. The van der Waals surface area contributed by atoms with Gasteiger partial charge in [-0.1, -0.05) is 11.8 Å². The zero-order valence-corrected chi connectivity index (χ0v) is 17.5. The number of carbonyl (C=O) groups is 2. The minimum atomic E-state index is -0.431. The van der Waals surface area contributed by atoms with Crippen LogP contribution in [0, 0.1) is 13.8 Å². The van der Waals surface area contributed by atoms with Crippen LogP contribution in [0.4, 0.5) is 0 Å². The van der Waals surface area contributed by atoms with E-state index < -0.39 is 5.97 Å². The van der Waals surface area contributed by atoms with Crippen molar-refractivity contribution in [3.05, 3.63) is 16.8 Å².